The monoisotopic (exact) mass is 328 g/mol. The summed E-state index contributed by atoms with van der Waals surface area (Å²) < 4.78 is 3.12. The van der Waals surface area contributed by atoms with Crippen molar-refractivity contribution in [1.82, 2.24) is 14.8 Å². The Bertz CT molecular complexity index is 506. The van der Waals surface area contributed by atoms with Crippen LogP contribution in [-0.4, -0.2) is 14.8 Å². The summed E-state index contributed by atoms with van der Waals surface area (Å²) in [6, 6.07) is -0.0701. The van der Waals surface area contributed by atoms with Gasteiger partial charge in [0.1, 0.15) is 0 Å². The molecule has 0 bridgehead atoms. The van der Waals surface area contributed by atoms with Gasteiger partial charge in [-0.2, -0.15) is 5.10 Å². The first-order chi connectivity index (χ1) is 8.67. The fourth-order valence-corrected chi connectivity index (χ4v) is 3.27. The molecule has 0 saturated heterocycles. The molecular weight excluding hydrogens is 312 g/mol. The Morgan fingerprint density at radius 3 is 2.83 bits per heavy atom. The number of aromatic nitrogens is 3. The zero-order valence-electron chi connectivity index (χ0n) is 10.6. The van der Waals surface area contributed by atoms with Crippen LogP contribution in [0.5, 0.6) is 0 Å². The van der Waals surface area contributed by atoms with Gasteiger partial charge in [-0.1, -0.05) is 6.92 Å². The normalized spacial score (nSPS) is 12.9. The Balaban J connectivity index is 2.25. The molecular formula is C12H17BrN4S. The molecule has 2 aromatic rings. The molecule has 1 unspecified atom stereocenters. The summed E-state index contributed by atoms with van der Waals surface area (Å²) in [6.07, 6.45) is 1.68. The quantitative estimate of drug-likeness (QED) is 0.918. The summed E-state index contributed by atoms with van der Waals surface area (Å²) in [5, 5.41) is 6.58. The smallest absolute Gasteiger partial charge is 0.0795 e. The largest absolute Gasteiger partial charge is 0.322 e. The molecule has 98 valence electrons. The van der Waals surface area contributed by atoms with Gasteiger partial charge in [-0.25, -0.2) is 4.98 Å². The minimum atomic E-state index is -0.0701. The van der Waals surface area contributed by atoms with Gasteiger partial charge >= 0.3 is 0 Å². The number of hydrogen-bond acceptors (Lipinski definition) is 4. The Kier molecular flexibility index (Phi) is 4.53. The highest BCUT2D eigenvalue weighted by atomic mass is 79.9. The molecule has 2 N–H and O–H groups in total. The molecule has 0 aliphatic carbocycles. The lowest BCUT2D eigenvalue weighted by Crippen LogP contribution is -2.16. The van der Waals surface area contributed by atoms with Crippen molar-refractivity contribution in [3.8, 4) is 0 Å². The van der Waals surface area contributed by atoms with Crippen LogP contribution in [0.1, 0.15) is 37.0 Å². The second kappa shape index (κ2) is 5.95. The first kappa shape index (κ1) is 13.7. The lowest BCUT2D eigenvalue weighted by Gasteiger charge is -2.10. The molecule has 2 rings (SSSR count). The fraction of sp³-hybridized carbons (Fsp3) is 0.500. The average Bonchev–Trinajstić information content (AvgIpc) is 2.99. The van der Waals surface area contributed by atoms with E-state index in [0.29, 0.717) is 0 Å². The third-order valence-electron chi connectivity index (χ3n) is 2.94. The molecule has 6 heteroatoms. The van der Waals surface area contributed by atoms with Crippen molar-refractivity contribution >= 4 is 27.3 Å². The van der Waals surface area contributed by atoms with Crippen LogP contribution >= 0.6 is 27.3 Å². The molecule has 0 fully saturated rings. The predicted molar refractivity (Wildman–Crippen MR) is 77.7 cm³/mol. The number of nitrogens with two attached hydrogens (primary N) is 1. The van der Waals surface area contributed by atoms with Gasteiger partial charge in [-0.15, -0.1) is 11.3 Å². The van der Waals surface area contributed by atoms with Crippen molar-refractivity contribution in [1.29, 1.82) is 0 Å². The summed E-state index contributed by atoms with van der Waals surface area (Å²) >= 11 is 5.22. The zero-order valence-corrected chi connectivity index (χ0v) is 13.0. The molecule has 2 aromatic heterocycles. The Morgan fingerprint density at radius 1 is 1.50 bits per heavy atom. The SMILES string of the molecule is CCc1nn(CC)c(CC(N)c2cscn2)c1Br. The van der Waals surface area contributed by atoms with Crippen molar-refractivity contribution in [2.45, 2.75) is 39.3 Å². The number of halogens is 1. The van der Waals surface area contributed by atoms with Crippen LogP contribution in [0.15, 0.2) is 15.4 Å². The summed E-state index contributed by atoms with van der Waals surface area (Å²) in [6.45, 7) is 5.06. The van der Waals surface area contributed by atoms with E-state index in [9.17, 15) is 0 Å². The molecule has 0 aliphatic rings. The van der Waals surface area contributed by atoms with Crippen LogP contribution < -0.4 is 5.73 Å². The number of thiazole rings is 1. The highest BCUT2D eigenvalue weighted by Gasteiger charge is 2.18. The Hall–Kier alpha value is -0.720. The first-order valence-corrected chi connectivity index (χ1v) is 7.78. The van der Waals surface area contributed by atoms with E-state index in [0.717, 1.165) is 40.9 Å². The van der Waals surface area contributed by atoms with E-state index in [4.69, 9.17) is 5.73 Å². The number of rotatable bonds is 5. The van der Waals surface area contributed by atoms with Gasteiger partial charge in [0.2, 0.25) is 0 Å². The van der Waals surface area contributed by atoms with E-state index in [1.807, 2.05) is 15.6 Å². The molecule has 0 spiro atoms. The number of nitrogens with zero attached hydrogens (tertiary/aromatic N) is 3. The molecule has 18 heavy (non-hydrogen) atoms. The lowest BCUT2D eigenvalue weighted by atomic mass is 10.1. The average molecular weight is 329 g/mol. The van der Waals surface area contributed by atoms with E-state index >= 15 is 0 Å². The molecule has 1 atom stereocenters. The van der Waals surface area contributed by atoms with Gasteiger partial charge in [0.25, 0.3) is 0 Å². The predicted octanol–water partition coefficient (Wildman–Crippen LogP) is 2.93. The molecule has 0 amide bonds. The molecule has 4 nitrogen and oxygen atoms in total. The molecule has 0 radical (unpaired) electrons. The van der Waals surface area contributed by atoms with Crippen molar-refractivity contribution in [3.05, 3.63) is 32.4 Å². The van der Waals surface area contributed by atoms with E-state index < -0.39 is 0 Å². The highest BCUT2D eigenvalue weighted by molar-refractivity contribution is 9.10. The van der Waals surface area contributed by atoms with Gasteiger partial charge in [-0.3, -0.25) is 4.68 Å². The summed E-state index contributed by atoms with van der Waals surface area (Å²) in [4.78, 5) is 4.27. The Labute approximate surface area is 119 Å². The second-order valence-electron chi connectivity index (χ2n) is 4.10. The van der Waals surface area contributed by atoms with Gasteiger partial charge < -0.3 is 5.73 Å². The molecule has 2 heterocycles. The minimum Gasteiger partial charge on any atom is -0.322 e. The van der Waals surface area contributed by atoms with Gasteiger partial charge in [-0.05, 0) is 29.3 Å². The van der Waals surface area contributed by atoms with Crippen LogP contribution in [0, 0.1) is 0 Å². The summed E-state index contributed by atoms with van der Waals surface area (Å²) in [5.41, 5.74) is 11.2. The number of aryl methyl sites for hydroxylation is 2. The van der Waals surface area contributed by atoms with Crippen molar-refractivity contribution < 1.29 is 0 Å². The van der Waals surface area contributed by atoms with Crippen LogP contribution in [0.3, 0.4) is 0 Å². The third kappa shape index (κ3) is 2.65. The molecule has 0 aliphatic heterocycles. The van der Waals surface area contributed by atoms with Gasteiger partial charge in [0.05, 0.1) is 33.1 Å². The van der Waals surface area contributed by atoms with E-state index in [2.05, 4.69) is 39.9 Å². The molecule has 0 saturated carbocycles. The van der Waals surface area contributed by atoms with E-state index in [1.165, 1.54) is 0 Å². The maximum Gasteiger partial charge on any atom is 0.0795 e. The maximum absolute atomic E-state index is 6.20. The van der Waals surface area contributed by atoms with Crippen molar-refractivity contribution in [3.63, 3.8) is 0 Å². The fourth-order valence-electron chi connectivity index (χ4n) is 1.93. The van der Waals surface area contributed by atoms with Crippen LogP contribution in [-0.2, 0) is 19.4 Å². The van der Waals surface area contributed by atoms with E-state index in [-0.39, 0.29) is 6.04 Å². The lowest BCUT2D eigenvalue weighted by molar-refractivity contribution is 0.580. The van der Waals surface area contributed by atoms with Crippen molar-refractivity contribution in [2.24, 2.45) is 5.73 Å². The summed E-state index contributed by atoms with van der Waals surface area (Å²) in [5.74, 6) is 0. The maximum atomic E-state index is 6.20. The third-order valence-corrected chi connectivity index (χ3v) is 4.46. The summed E-state index contributed by atoms with van der Waals surface area (Å²) in [7, 11) is 0. The van der Waals surface area contributed by atoms with E-state index in [1.54, 1.807) is 11.3 Å². The second-order valence-corrected chi connectivity index (χ2v) is 5.61. The standard InChI is InChI=1S/C12H17BrN4S/c1-3-9-12(13)11(17(4-2)16-9)5-8(14)10-6-18-7-15-10/h6-8H,3-5,14H2,1-2H3. The van der Waals surface area contributed by atoms with Crippen LogP contribution in [0.25, 0.3) is 0 Å². The minimum absolute atomic E-state index is 0.0701. The highest BCUT2D eigenvalue weighted by Crippen LogP contribution is 2.26. The van der Waals surface area contributed by atoms with Crippen LogP contribution in [0.2, 0.25) is 0 Å². The number of hydrogen-bond donors (Lipinski definition) is 1. The van der Waals surface area contributed by atoms with Crippen LogP contribution in [0.4, 0.5) is 0 Å². The zero-order chi connectivity index (χ0) is 13.1. The Morgan fingerprint density at radius 2 is 2.28 bits per heavy atom. The topological polar surface area (TPSA) is 56.7 Å². The van der Waals surface area contributed by atoms with Crippen molar-refractivity contribution in [2.75, 3.05) is 0 Å². The first-order valence-electron chi connectivity index (χ1n) is 6.05. The molecule has 0 aromatic carbocycles. The van der Waals surface area contributed by atoms with Gasteiger partial charge in [0, 0.05) is 18.3 Å². The van der Waals surface area contributed by atoms with Gasteiger partial charge in [0.15, 0.2) is 0 Å².